The van der Waals surface area contributed by atoms with Crippen molar-refractivity contribution in [3.05, 3.63) is 83.7 Å². The fourth-order valence-corrected chi connectivity index (χ4v) is 2.90. The molecule has 2 aromatic carbocycles. The molecule has 0 spiro atoms. The number of carbonyl (C=O) groups is 1. The molecule has 0 bridgehead atoms. The highest BCUT2D eigenvalue weighted by Gasteiger charge is 2.38. The molecule has 0 unspecified atom stereocenters. The predicted molar refractivity (Wildman–Crippen MR) is 98.9 cm³/mol. The van der Waals surface area contributed by atoms with Gasteiger partial charge in [-0.1, -0.05) is 30.3 Å². The summed E-state index contributed by atoms with van der Waals surface area (Å²) in [5, 5.41) is 0. The van der Waals surface area contributed by atoms with Gasteiger partial charge >= 0.3 is 12.4 Å². The SMILES string of the molecule is CN(C(=O)c1cc(C(F)(F)F)cc(C(F)(F)F)c1)c1cnccc1-c1ccccc1. The Balaban J connectivity index is 2.08. The first-order valence-electron chi connectivity index (χ1n) is 8.55. The van der Waals surface area contributed by atoms with Crippen molar-refractivity contribution >= 4 is 11.6 Å². The van der Waals surface area contributed by atoms with Gasteiger partial charge in [0.05, 0.1) is 23.0 Å². The maximum atomic E-state index is 13.1. The monoisotopic (exact) mass is 424 g/mol. The molecule has 0 fully saturated rings. The van der Waals surface area contributed by atoms with Crippen molar-refractivity contribution in [2.24, 2.45) is 0 Å². The van der Waals surface area contributed by atoms with E-state index >= 15 is 0 Å². The molecule has 0 N–H and O–H groups in total. The Morgan fingerprint density at radius 2 is 1.43 bits per heavy atom. The van der Waals surface area contributed by atoms with E-state index in [-0.39, 0.29) is 11.8 Å². The molecule has 30 heavy (non-hydrogen) atoms. The summed E-state index contributed by atoms with van der Waals surface area (Å²) in [6, 6.07) is 11.2. The molecule has 0 atom stereocenters. The van der Waals surface area contributed by atoms with Gasteiger partial charge in [-0.05, 0) is 29.8 Å². The number of aromatic nitrogens is 1. The summed E-state index contributed by atoms with van der Waals surface area (Å²) < 4.78 is 78.6. The smallest absolute Gasteiger partial charge is 0.309 e. The largest absolute Gasteiger partial charge is 0.416 e. The molecule has 0 radical (unpaired) electrons. The van der Waals surface area contributed by atoms with Gasteiger partial charge in [-0.15, -0.1) is 0 Å². The van der Waals surface area contributed by atoms with Gasteiger partial charge in [-0.25, -0.2) is 0 Å². The van der Waals surface area contributed by atoms with E-state index in [9.17, 15) is 31.1 Å². The maximum absolute atomic E-state index is 13.1. The summed E-state index contributed by atoms with van der Waals surface area (Å²) in [5.74, 6) is -1.03. The minimum atomic E-state index is -5.04. The molecule has 0 aliphatic rings. The number of hydrogen-bond acceptors (Lipinski definition) is 2. The highest BCUT2D eigenvalue weighted by Crippen LogP contribution is 2.37. The minimum Gasteiger partial charge on any atom is -0.309 e. The topological polar surface area (TPSA) is 33.2 Å². The normalized spacial score (nSPS) is 12.0. The number of pyridine rings is 1. The van der Waals surface area contributed by atoms with Crippen LogP contribution in [0.5, 0.6) is 0 Å². The zero-order valence-electron chi connectivity index (χ0n) is 15.4. The Morgan fingerprint density at radius 1 is 0.867 bits per heavy atom. The molecule has 3 aromatic rings. The molecule has 0 aliphatic heterocycles. The fourth-order valence-electron chi connectivity index (χ4n) is 2.90. The van der Waals surface area contributed by atoms with Crippen molar-refractivity contribution in [1.29, 1.82) is 0 Å². The molecule has 0 aliphatic carbocycles. The number of hydrogen-bond donors (Lipinski definition) is 0. The van der Waals surface area contributed by atoms with Gasteiger partial charge in [0.25, 0.3) is 5.91 Å². The average Bonchev–Trinajstić information content (AvgIpc) is 2.71. The van der Waals surface area contributed by atoms with Crippen LogP contribution >= 0.6 is 0 Å². The number of anilines is 1. The Hall–Kier alpha value is -3.36. The van der Waals surface area contributed by atoms with Crippen LogP contribution < -0.4 is 4.90 Å². The van der Waals surface area contributed by atoms with Crippen molar-refractivity contribution in [2.75, 3.05) is 11.9 Å². The summed E-state index contributed by atoms with van der Waals surface area (Å²) in [6.07, 6.45) is -7.30. The summed E-state index contributed by atoms with van der Waals surface area (Å²) in [7, 11) is 1.26. The van der Waals surface area contributed by atoms with Gasteiger partial charge in [-0.2, -0.15) is 26.3 Å². The van der Waals surface area contributed by atoms with Gasteiger partial charge in [0.1, 0.15) is 0 Å². The number of benzene rings is 2. The van der Waals surface area contributed by atoms with Crippen molar-refractivity contribution < 1.29 is 31.1 Å². The van der Waals surface area contributed by atoms with Crippen LogP contribution in [0.25, 0.3) is 11.1 Å². The van der Waals surface area contributed by atoms with E-state index in [1.807, 2.05) is 0 Å². The van der Waals surface area contributed by atoms with Crippen LogP contribution in [-0.2, 0) is 12.4 Å². The molecule has 9 heteroatoms. The maximum Gasteiger partial charge on any atom is 0.416 e. The lowest BCUT2D eigenvalue weighted by Crippen LogP contribution is -2.28. The van der Waals surface area contributed by atoms with Crippen LogP contribution in [0.4, 0.5) is 32.0 Å². The molecule has 3 rings (SSSR count). The number of rotatable bonds is 3. The second-order valence-electron chi connectivity index (χ2n) is 6.42. The van der Waals surface area contributed by atoms with Crippen LogP contribution in [0, 0.1) is 0 Å². The molecule has 1 heterocycles. The second kappa shape index (κ2) is 7.81. The molecule has 1 aromatic heterocycles. The molecular formula is C21H14F6N2O. The standard InChI is InChI=1S/C21H14F6N2O/c1-29(18-12-28-8-7-17(18)13-5-3-2-4-6-13)19(30)14-9-15(20(22,23)24)11-16(10-14)21(25,26)27/h2-12H,1H3. The van der Waals surface area contributed by atoms with Crippen LogP contribution in [0.15, 0.2) is 67.0 Å². The number of alkyl halides is 6. The van der Waals surface area contributed by atoms with E-state index in [4.69, 9.17) is 0 Å². The number of halogens is 6. The molecule has 1 amide bonds. The highest BCUT2D eigenvalue weighted by molar-refractivity contribution is 6.07. The van der Waals surface area contributed by atoms with E-state index in [2.05, 4.69) is 4.98 Å². The third kappa shape index (κ3) is 4.45. The molecule has 156 valence electrons. The van der Waals surface area contributed by atoms with Gasteiger partial charge in [0, 0.05) is 24.4 Å². The van der Waals surface area contributed by atoms with E-state index < -0.39 is 35.0 Å². The first-order chi connectivity index (χ1) is 14.0. The lowest BCUT2D eigenvalue weighted by atomic mass is 10.0. The minimum absolute atomic E-state index is 0.0176. The Labute approximate surface area is 167 Å². The van der Waals surface area contributed by atoms with Crippen LogP contribution in [0.2, 0.25) is 0 Å². The fraction of sp³-hybridized carbons (Fsp3) is 0.143. The van der Waals surface area contributed by atoms with E-state index in [0.717, 1.165) is 4.90 Å². The Kier molecular flexibility index (Phi) is 5.56. The lowest BCUT2D eigenvalue weighted by molar-refractivity contribution is -0.143. The van der Waals surface area contributed by atoms with Crippen molar-refractivity contribution in [1.82, 2.24) is 4.98 Å². The zero-order chi connectivity index (χ0) is 22.1. The van der Waals surface area contributed by atoms with Crippen LogP contribution in [-0.4, -0.2) is 17.9 Å². The van der Waals surface area contributed by atoms with E-state index in [1.54, 1.807) is 36.4 Å². The average molecular weight is 424 g/mol. The number of nitrogens with zero attached hydrogens (tertiary/aromatic N) is 2. The third-order valence-corrected chi connectivity index (χ3v) is 4.39. The third-order valence-electron chi connectivity index (χ3n) is 4.39. The van der Waals surface area contributed by atoms with Gasteiger partial charge in [0.2, 0.25) is 0 Å². The Morgan fingerprint density at radius 3 is 1.97 bits per heavy atom. The molecule has 0 saturated heterocycles. The lowest BCUT2D eigenvalue weighted by Gasteiger charge is -2.22. The predicted octanol–water partition coefficient (Wildman–Crippen LogP) is 6.06. The van der Waals surface area contributed by atoms with Crippen molar-refractivity contribution in [3.63, 3.8) is 0 Å². The van der Waals surface area contributed by atoms with Crippen molar-refractivity contribution in [3.8, 4) is 11.1 Å². The quantitative estimate of drug-likeness (QED) is 0.479. The summed E-state index contributed by atoms with van der Waals surface area (Å²) in [4.78, 5) is 17.8. The first-order valence-corrected chi connectivity index (χ1v) is 8.55. The van der Waals surface area contributed by atoms with Crippen molar-refractivity contribution in [2.45, 2.75) is 12.4 Å². The van der Waals surface area contributed by atoms with Gasteiger partial charge in [0.15, 0.2) is 0 Å². The van der Waals surface area contributed by atoms with Gasteiger partial charge in [-0.3, -0.25) is 9.78 Å². The van der Waals surface area contributed by atoms with E-state index in [1.165, 1.54) is 19.4 Å². The second-order valence-corrected chi connectivity index (χ2v) is 6.42. The molecule has 0 saturated carbocycles. The summed E-state index contributed by atoms with van der Waals surface area (Å²) in [6.45, 7) is 0. The van der Waals surface area contributed by atoms with Crippen LogP contribution in [0.1, 0.15) is 21.5 Å². The van der Waals surface area contributed by atoms with Gasteiger partial charge < -0.3 is 4.90 Å². The number of carbonyl (C=O) groups excluding carboxylic acids is 1. The zero-order valence-corrected chi connectivity index (χ0v) is 15.4. The number of amides is 1. The Bertz CT molecular complexity index is 1030. The summed E-state index contributed by atoms with van der Waals surface area (Å²) in [5.41, 5.74) is -2.35. The highest BCUT2D eigenvalue weighted by atomic mass is 19.4. The molecule has 3 nitrogen and oxygen atoms in total. The first kappa shape index (κ1) is 21.4. The summed E-state index contributed by atoms with van der Waals surface area (Å²) >= 11 is 0. The van der Waals surface area contributed by atoms with Crippen LogP contribution in [0.3, 0.4) is 0 Å². The van der Waals surface area contributed by atoms with E-state index in [0.29, 0.717) is 23.3 Å². The molecular weight excluding hydrogens is 410 g/mol.